The van der Waals surface area contributed by atoms with Gasteiger partial charge < -0.3 is 4.90 Å². The third kappa shape index (κ3) is 3.73. The largest absolute Gasteiger partial charge is 0.342 e. The fourth-order valence-electron chi connectivity index (χ4n) is 2.70. The van der Waals surface area contributed by atoms with Crippen LogP contribution < -0.4 is 0 Å². The second-order valence-electron chi connectivity index (χ2n) is 6.40. The van der Waals surface area contributed by atoms with E-state index in [0.717, 1.165) is 38.8 Å². The predicted molar refractivity (Wildman–Crippen MR) is 72.8 cm³/mol. The number of carbonyl (C=O) groups excluding carboxylic acids is 1. The van der Waals surface area contributed by atoms with Crippen LogP contribution in [0.3, 0.4) is 0 Å². The van der Waals surface area contributed by atoms with Crippen LogP contribution in [0.15, 0.2) is 0 Å². The SMILES string of the molecule is CCC[C@H](C#N)C1CCN(C(=O)C(C)(C)C)CC1. The summed E-state index contributed by atoms with van der Waals surface area (Å²) in [5, 5.41) is 9.18. The van der Waals surface area contributed by atoms with Crippen LogP contribution in [0.5, 0.6) is 0 Å². The Bertz CT molecular complexity index is 316. The van der Waals surface area contributed by atoms with Crippen molar-refractivity contribution in [1.82, 2.24) is 4.90 Å². The molecule has 1 saturated heterocycles. The van der Waals surface area contributed by atoms with Crippen LogP contribution in [0, 0.1) is 28.6 Å². The van der Waals surface area contributed by atoms with Crippen LogP contribution in [0.25, 0.3) is 0 Å². The number of hydrogen-bond donors (Lipinski definition) is 0. The molecule has 0 aromatic carbocycles. The molecular formula is C15H26N2O. The van der Waals surface area contributed by atoms with Crippen molar-refractivity contribution in [3.8, 4) is 6.07 Å². The normalized spacial score (nSPS) is 19.4. The summed E-state index contributed by atoms with van der Waals surface area (Å²) in [6.07, 6.45) is 4.04. The van der Waals surface area contributed by atoms with Crippen molar-refractivity contribution >= 4 is 5.91 Å². The Morgan fingerprint density at radius 2 is 1.94 bits per heavy atom. The van der Waals surface area contributed by atoms with Gasteiger partial charge in [0.1, 0.15) is 0 Å². The third-order valence-electron chi connectivity index (χ3n) is 3.80. The molecule has 1 heterocycles. The highest BCUT2D eigenvalue weighted by Crippen LogP contribution is 2.29. The molecule has 1 atom stereocenters. The molecule has 1 aliphatic rings. The molecular weight excluding hydrogens is 224 g/mol. The molecule has 0 spiro atoms. The highest BCUT2D eigenvalue weighted by Gasteiger charge is 2.32. The van der Waals surface area contributed by atoms with Crippen LogP contribution in [-0.2, 0) is 4.79 Å². The molecule has 0 unspecified atom stereocenters. The summed E-state index contributed by atoms with van der Waals surface area (Å²) in [5.74, 6) is 0.908. The van der Waals surface area contributed by atoms with Crippen LogP contribution in [0.4, 0.5) is 0 Å². The van der Waals surface area contributed by atoms with Gasteiger partial charge in [0.05, 0.1) is 6.07 Å². The first-order valence-electron chi connectivity index (χ1n) is 7.09. The number of amides is 1. The Morgan fingerprint density at radius 3 is 2.33 bits per heavy atom. The molecule has 0 radical (unpaired) electrons. The van der Waals surface area contributed by atoms with E-state index in [-0.39, 0.29) is 17.2 Å². The molecule has 0 aromatic rings. The maximum Gasteiger partial charge on any atom is 0.227 e. The Kier molecular flexibility index (Phi) is 5.19. The van der Waals surface area contributed by atoms with Crippen molar-refractivity contribution in [3.63, 3.8) is 0 Å². The fraction of sp³-hybridized carbons (Fsp3) is 0.867. The first-order valence-corrected chi connectivity index (χ1v) is 7.09. The Labute approximate surface area is 111 Å². The second kappa shape index (κ2) is 6.22. The molecule has 3 heteroatoms. The first-order chi connectivity index (χ1) is 8.40. The number of nitrogens with zero attached hydrogens (tertiary/aromatic N) is 2. The van der Waals surface area contributed by atoms with Gasteiger partial charge in [-0.05, 0) is 25.2 Å². The third-order valence-corrected chi connectivity index (χ3v) is 3.80. The monoisotopic (exact) mass is 250 g/mol. The van der Waals surface area contributed by atoms with Gasteiger partial charge in [-0.1, -0.05) is 34.1 Å². The van der Waals surface area contributed by atoms with Gasteiger partial charge in [0.25, 0.3) is 0 Å². The second-order valence-corrected chi connectivity index (χ2v) is 6.40. The number of carbonyl (C=O) groups is 1. The van der Waals surface area contributed by atoms with E-state index in [1.807, 2.05) is 25.7 Å². The Hall–Kier alpha value is -1.04. The van der Waals surface area contributed by atoms with Gasteiger partial charge in [-0.15, -0.1) is 0 Å². The van der Waals surface area contributed by atoms with E-state index in [0.29, 0.717) is 5.92 Å². The van der Waals surface area contributed by atoms with Gasteiger partial charge in [-0.3, -0.25) is 4.79 Å². The van der Waals surface area contributed by atoms with E-state index in [1.165, 1.54) is 0 Å². The van der Waals surface area contributed by atoms with Crippen molar-refractivity contribution in [1.29, 1.82) is 5.26 Å². The van der Waals surface area contributed by atoms with Crippen molar-refractivity contribution in [2.45, 2.75) is 53.4 Å². The number of piperidine rings is 1. The average Bonchev–Trinajstić information content (AvgIpc) is 2.34. The standard InChI is InChI=1S/C15H26N2O/c1-5-6-13(11-16)12-7-9-17(10-8-12)14(18)15(2,3)4/h12-13H,5-10H2,1-4H3/t13-/m1/s1. The number of likely N-dealkylation sites (tertiary alicyclic amines) is 1. The van der Waals surface area contributed by atoms with Crippen LogP contribution in [0.1, 0.15) is 53.4 Å². The lowest BCUT2D eigenvalue weighted by atomic mass is 9.82. The molecule has 1 aliphatic heterocycles. The summed E-state index contributed by atoms with van der Waals surface area (Å²) in [5.41, 5.74) is -0.287. The smallest absolute Gasteiger partial charge is 0.227 e. The van der Waals surface area contributed by atoms with E-state index in [9.17, 15) is 10.1 Å². The van der Waals surface area contributed by atoms with Crippen molar-refractivity contribution in [2.24, 2.45) is 17.3 Å². The molecule has 1 rings (SSSR count). The maximum absolute atomic E-state index is 12.2. The lowest BCUT2D eigenvalue weighted by molar-refractivity contribution is -0.141. The Balaban J connectivity index is 2.51. The van der Waals surface area contributed by atoms with Crippen LogP contribution in [-0.4, -0.2) is 23.9 Å². The number of hydrogen-bond acceptors (Lipinski definition) is 2. The zero-order valence-electron chi connectivity index (χ0n) is 12.2. The molecule has 0 aliphatic carbocycles. The maximum atomic E-state index is 12.2. The van der Waals surface area contributed by atoms with Gasteiger partial charge in [-0.25, -0.2) is 0 Å². The van der Waals surface area contributed by atoms with E-state index >= 15 is 0 Å². The molecule has 0 saturated carbocycles. The summed E-state index contributed by atoms with van der Waals surface area (Å²) in [7, 11) is 0. The van der Waals surface area contributed by atoms with Gasteiger partial charge in [0.15, 0.2) is 0 Å². The van der Waals surface area contributed by atoms with E-state index in [2.05, 4.69) is 13.0 Å². The first kappa shape index (κ1) is 15.0. The highest BCUT2D eigenvalue weighted by molar-refractivity contribution is 5.81. The minimum absolute atomic E-state index is 0.182. The zero-order chi connectivity index (χ0) is 13.8. The van der Waals surface area contributed by atoms with Gasteiger partial charge in [0.2, 0.25) is 5.91 Å². The zero-order valence-corrected chi connectivity index (χ0v) is 12.2. The molecule has 1 amide bonds. The number of nitriles is 1. The topological polar surface area (TPSA) is 44.1 Å². The van der Waals surface area contributed by atoms with Crippen LogP contribution >= 0.6 is 0 Å². The molecule has 18 heavy (non-hydrogen) atoms. The average molecular weight is 250 g/mol. The van der Waals surface area contributed by atoms with Crippen molar-refractivity contribution < 1.29 is 4.79 Å². The Morgan fingerprint density at radius 1 is 1.39 bits per heavy atom. The van der Waals surface area contributed by atoms with Crippen molar-refractivity contribution in [2.75, 3.05) is 13.1 Å². The van der Waals surface area contributed by atoms with E-state index in [1.54, 1.807) is 0 Å². The van der Waals surface area contributed by atoms with E-state index in [4.69, 9.17) is 0 Å². The molecule has 3 nitrogen and oxygen atoms in total. The lowest BCUT2D eigenvalue weighted by Gasteiger charge is -2.37. The summed E-state index contributed by atoms with van der Waals surface area (Å²) in [4.78, 5) is 14.1. The summed E-state index contributed by atoms with van der Waals surface area (Å²) in [6, 6.07) is 2.44. The predicted octanol–water partition coefficient (Wildman–Crippen LogP) is 3.21. The molecule has 1 fully saturated rings. The van der Waals surface area contributed by atoms with Gasteiger partial charge >= 0.3 is 0 Å². The number of rotatable bonds is 3. The summed E-state index contributed by atoms with van der Waals surface area (Å²) < 4.78 is 0. The van der Waals surface area contributed by atoms with Crippen molar-refractivity contribution in [3.05, 3.63) is 0 Å². The minimum Gasteiger partial charge on any atom is -0.342 e. The fourth-order valence-corrected chi connectivity index (χ4v) is 2.70. The van der Waals surface area contributed by atoms with Gasteiger partial charge in [-0.2, -0.15) is 5.26 Å². The molecule has 0 N–H and O–H groups in total. The quantitative estimate of drug-likeness (QED) is 0.772. The summed E-state index contributed by atoms with van der Waals surface area (Å²) >= 11 is 0. The highest BCUT2D eigenvalue weighted by atomic mass is 16.2. The summed E-state index contributed by atoms with van der Waals surface area (Å²) in [6.45, 7) is 9.68. The molecule has 0 bridgehead atoms. The van der Waals surface area contributed by atoms with Gasteiger partial charge in [0, 0.05) is 24.4 Å². The minimum atomic E-state index is -0.287. The molecule has 102 valence electrons. The molecule has 0 aromatic heterocycles. The van der Waals surface area contributed by atoms with Crippen LogP contribution in [0.2, 0.25) is 0 Å². The van der Waals surface area contributed by atoms with E-state index < -0.39 is 0 Å². The lowest BCUT2D eigenvalue weighted by Crippen LogP contribution is -2.45.